The molecule has 0 amide bonds. The molecule has 5 nitrogen and oxygen atoms in total. The van der Waals surface area contributed by atoms with Crippen LogP contribution in [-0.4, -0.2) is 10.2 Å². The van der Waals surface area contributed by atoms with Crippen molar-refractivity contribution in [1.82, 2.24) is 0 Å². The van der Waals surface area contributed by atoms with E-state index >= 15 is 0 Å². The highest BCUT2D eigenvalue weighted by molar-refractivity contribution is 4.85. The maximum atomic E-state index is 8.60. The Morgan fingerprint density at radius 1 is 1.20 bits per heavy atom. The number of hydrogen-bond acceptors (Lipinski definition) is 5. The second kappa shape index (κ2) is 7.38. The van der Waals surface area contributed by atoms with E-state index in [-0.39, 0.29) is 5.54 Å². The lowest BCUT2D eigenvalue weighted by Crippen LogP contribution is -2.58. The molecule has 0 aliphatic carbocycles. The van der Waals surface area contributed by atoms with Gasteiger partial charge in [-0.2, -0.15) is 14.0 Å². The van der Waals surface area contributed by atoms with Crippen LogP contribution in [-0.2, 0) is 0 Å². The SMILES string of the molecule is CCC(C)C(N)(CC)CC.[O-][Cl+3]([O-])([O-])O. The molecule has 0 bridgehead atoms. The third kappa shape index (κ3) is 10.4. The predicted octanol–water partition coefficient (Wildman–Crippen LogP) is -1.57. The van der Waals surface area contributed by atoms with Crippen molar-refractivity contribution in [3.63, 3.8) is 0 Å². The average molecular weight is 244 g/mol. The standard InChI is InChI=1S/C9H21N.ClHO4/c1-5-8(4)9(10,6-2)7-3;2-1(3,4)5/h8H,5-7,10H2,1-4H3;(H,2,3,4,5). The Bertz CT molecular complexity index is 151. The van der Waals surface area contributed by atoms with Gasteiger partial charge >= 0.3 is 0 Å². The minimum absolute atomic E-state index is 0.0920. The van der Waals surface area contributed by atoms with Gasteiger partial charge in [-0.15, -0.1) is 0 Å². The van der Waals surface area contributed by atoms with E-state index in [2.05, 4.69) is 27.7 Å². The number of rotatable bonds is 4. The van der Waals surface area contributed by atoms with Crippen molar-refractivity contribution in [3.05, 3.63) is 0 Å². The lowest BCUT2D eigenvalue weighted by Gasteiger charge is -2.33. The van der Waals surface area contributed by atoms with Gasteiger partial charge in [0.05, 0.1) is 14.9 Å². The molecular formula is C9H22ClNO4. The lowest BCUT2D eigenvalue weighted by molar-refractivity contribution is -1.92. The Kier molecular flexibility index (Phi) is 8.60. The molecular weight excluding hydrogens is 222 g/mol. The van der Waals surface area contributed by atoms with E-state index in [1.54, 1.807) is 0 Å². The molecule has 0 aromatic heterocycles. The van der Waals surface area contributed by atoms with Crippen LogP contribution in [0.5, 0.6) is 0 Å². The summed E-state index contributed by atoms with van der Waals surface area (Å²) >= 11 is 0. The van der Waals surface area contributed by atoms with E-state index in [1.807, 2.05) is 0 Å². The molecule has 0 saturated heterocycles. The van der Waals surface area contributed by atoms with E-state index in [0.29, 0.717) is 5.92 Å². The smallest absolute Gasteiger partial charge is 0.0777 e. The maximum Gasteiger partial charge on any atom is 0.0777 e. The van der Waals surface area contributed by atoms with Crippen molar-refractivity contribution in [3.8, 4) is 0 Å². The molecule has 6 heteroatoms. The van der Waals surface area contributed by atoms with Gasteiger partial charge in [-0.3, -0.25) is 0 Å². The van der Waals surface area contributed by atoms with Gasteiger partial charge in [0.15, 0.2) is 0 Å². The van der Waals surface area contributed by atoms with Crippen molar-refractivity contribution in [2.45, 2.75) is 52.5 Å². The third-order valence-electron chi connectivity index (χ3n) is 2.91. The van der Waals surface area contributed by atoms with Gasteiger partial charge in [0.25, 0.3) is 0 Å². The highest BCUT2D eigenvalue weighted by atomic mass is 35.7. The Morgan fingerprint density at radius 2 is 1.47 bits per heavy atom. The third-order valence-corrected chi connectivity index (χ3v) is 2.91. The molecule has 0 rings (SSSR count). The van der Waals surface area contributed by atoms with E-state index in [1.165, 1.54) is 6.42 Å². The zero-order valence-electron chi connectivity index (χ0n) is 9.83. The quantitative estimate of drug-likeness (QED) is 0.619. The Morgan fingerprint density at radius 3 is 1.53 bits per heavy atom. The van der Waals surface area contributed by atoms with Gasteiger partial charge < -0.3 is 5.73 Å². The van der Waals surface area contributed by atoms with Crippen LogP contribution < -0.4 is 19.7 Å². The van der Waals surface area contributed by atoms with Crippen LogP contribution in [0.3, 0.4) is 0 Å². The molecule has 0 aromatic carbocycles. The zero-order valence-corrected chi connectivity index (χ0v) is 10.6. The summed E-state index contributed by atoms with van der Waals surface area (Å²) in [5, 5.41) is 0. The van der Waals surface area contributed by atoms with E-state index < -0.39 is 10.2 Å². The summed E-state index contributed by atoms with van der Waals surface area (Å²) < 4.78 is 32.7. The van der Waals surface area contributed by atoms with Gasteiger partial charge in [-0.25, -0.2) is 0 Å². The minimum atomic E-state index is -4.69. The fourth-order valence-electron chi connectivity index (χ4n) is 1.35. The number of nitrogens with two attached hydrogens (primary N) is 1. The van der Waals surface area contributed by atoms with Gasteiger partial charge in [0.1, 0.15) is 0 Å². The molecule has 0 heterocycles. The maximum absolute atomic E-state index is 8.60. The topological polar surface area (TPSA) is 115 Å². The summed E-state index contributed by atoms with van der Waals surface area (Å²) in [5.74, 6) is 0.655. The highest BCUT2D eigenvalue weighted by Crippen LogP contribution is 2.24. The summed E-state index contributed by atoms with van der Waals surface area (Å²) in [4.78, 5) is 0. The fourth-order valence-corrected chi connectivity index (χ4v) is 1.35. The van der Waals surface area contributed by atoms with Crippen molar-refractivity contribution in [1.29, 1.82) is 0 Å². The molecule has 3 N–H and O–H groups in total. The molecule has 94 valence electrons. The predicted molar refractivity (Wildman–Crippen MR) is 49.2 cm³/mol. The van der Waals surface area contributed by atoms with Crippen LogP contribution in [0.15, 0.2) is 0 Å². The first kappa shape index (κ1) is 17.5. The summed E-state index contributed by atoms with van der Waals surface area (Å²) in [7, 11) is -4.69. The molecule has 0 aliphatic heterocycles. The van der Waals surface area contributed by atoms with E-state index in [9.17, 15) is 0 Å². The minimum Gasteiger partial charge on any atom is -0.325 e. The van der Waals surface area contributed by atoms with Crippen LogP contribution in [0.25, 0.3) is 0 Å². The van der Waals surface area contributed by atoms with Crippen LogP contribution in [0, 0.1) is 16.2 Å². The van der Waals surface area contributed by atoms with Gasteiger partial charge in [-0.05, 0) is 18.8 Å². The largest absolute Gasteiger partial charge is 0.325 e. The van der Waals surface area contributed by atoms with Crippen molar-refractivity contribution < 1.29 is 28.9 Å². The lowest BCUT2D eigenvalue weighted by atomic mass is 9.80. The van der Waals surface area contributed by atoms with Crippen LogP contribution in [0.1, 0.15) is 47.0 Å². The number of halogens is 1. The van der Waals surface area contributed by atoms with Crippen molar-refractivity contribution in [2.24, 2.45) is 11.7 Å². The molecule has 0 fully saturated rings. The van der Waals surface area contributed by atoms with Crippen molar-refractivity contribution in [2.75, 3.05) is 0 Å². The second-order valence-electron chi connectivity index (χ2n) is 3.65. The van der Waals surface area contributed by atoms with E-state index in [4.69, 9.17) is 24.4 Å². The fraction of sp³-hybridized carbons (Fsp3) is 1.00. The Labute approximate surface area is 93.6 Å². The van der Waals surface area contributed by atoms with Gasteiger partial charge in [0.2, 0.25) is 0 Å². The van der Waals surface area contributed by atoms with Gasteiger partial charge in [0, 0.05) is 5.54 Å². The highest BCUT2D eigenvalue weighted by Gasteiger charge is 2.25. The van der Waals surface area contributed by atoms with Crippen LogP contribution >= 0.6 is 0 Å². The molecule has 1 unspecified atom stereocenters. The first-order valence-electron chi connectivity index (χ1n) is 5.02. The van der Waals surface area contributed by atoms with Crippen LogP contribution in [0.2, 0.25) is 0 Å². The number of hydrogen-bond donors (Lipinski definition) is 2. The second-order valence-corrected chi connectivity index (χ2v) is 4.44. The monoisotopic (exact) mass is 243 g/mol. The summed E-state index contributed by atoms with van der Waals surface area (Å²) in [6.45, 7) is 8.80. The first-order chi connectivity index (χ1) is 6.60. The summed E-state index contributed by atoms with van der Waals surface area (Å²) in [6, 6.07) is 0. The molecule has 0 saturated carbocycles. The summed E-state index contributed by atoms with van der Waals surface area (Å²) in [5.41, 5.74) is 6.24. The molecule has 0 spiro atoms. The molecule has 0 aliphatic rings. The first-order valence-corrected chi connectivity index (χ1v) is 6.29. The van der Waals surface area contributed by atoms with E-state index in [0.717, 1.165) is 12.8 Å². The van der Waals surface area contributed by atoms with Crippen molar-refractivity contribution >= 4 is 0 Å². The van der Waals surface area contributed by atoms with Crippen LogP contribution in [0.4, 0.5) is 0 Å². The Hall–Kier alpha value is 0.0900. The molecule has 0 radical (unpaired) electrons. The van der Waals surface area contributed by atoms with Gasteiger partial charge in [-0.1, -0.05) is 34.1 Å². The molecule has 15 heavy (non-hydrogen) atoms. The normalized spacial score (nSPS) is 14.2. The zero-order chi connectivity index (χ0) is 12.7. The molecule has 1 atom stereocenters. The average Bonchev–Trinajstić information content (AvgIpc) is 2.12. The Balaban J connectivity index is 0. The summed E-state index contributed by atoms with van der Waals surface area (Å²) in [6.07, 6.45) is 3.38. The molecule has 0 aromatic rings.